The van der Waals surface area contributed by atoms with Gasteiger partial charge in [0.15, 0.2) is 5.57 Å². The standard InChI is InChI=1S/C6H2N4O/c7-1-4(2-8)6(10)5(11)3-9/h10H2. The zero-order valence-electron chi connectivity index (χ0n) is 5.33. The van der Waals surface area contributed by atoms with Crippen LogP contribution in [0.2, 0.25) is 0 Å². The molecule has 5 nitrogen and oxygen atoms in total. The van der Waals surface area contributed by atoms with E-state index in [2.05, 4.69) is 0 Å². The maximum absolute atomic E-state index is 10.4. The zero-order chi connectivity index (χ0) is 8.85. The summed E-state index contributed by atoms with van der Waals surface area (Å²) in [5, 5.41) is 24.4. The highest BCUT2D eigenvalue weighted by Gasteiger charge is 2.09. The Morgan fingerprint density at radius 1 is 1.09 bits per heavy atom. The number of hydrogen-bond acceptors (Lipinski definition) is 5. The topological polar surface area (TPSA) is 114 Å². The molecule has 5 heteroatoms. The molecule has 0 aliphatic carbocycles. The summed E-state index contributed by atoms with van der Waals surface area (Å²) in [4.78, 5) is 10.4. The van der Waals surface area contributed by atoms with Crippen molar-refractivity contribution < 1.29 is 4.79 Å². The number of nitrogens with zero attached hydrogens (tertiary/aromatic N) is 3. The number of nitriles is 3. The molecule has 0 saturated heterocycles. The fraction of sp³-hybridized carbons (Fsp3) is 0. The molecule has 11 heavy (non-hydrogen) atoms. The summed E-state index contributed by atoms with van der Waals surface area (Å²) in [7, 11) is 0. The molecule has 0 amide bonds. The Balaban J connectivity index is 5.04. The van der Waals surface area contributed by atoms with Gasteiger partial charge in [-0.25, -0.2) is 0 Å². The second-order valence-electron chi connectivity index (χ2n) is 1.45. The average molecular weight is 146 g/mol. The normalized spacial score (nSPS) is 6.64. The van der Waals surface area contributed by atoms with Gasteiger partial charge in [0.25, 0.3) is 5.78 Å². The molecule has 0 aromatic carbocycles. The molecule has 0 atom stereocenters. The molecule has 0 bridgehead atoms. The largest absolute Gasteiger partial charge is 0.393 e. The summed E-state index contributed by atoms with van der Waals surface area (Å²) in [6.45, 7) is 0. The number of Topliss-reactive ketones (excluding diaryl/α,β-unsaturated/α-hetero) is 1. The number of hydrogen-bond donors (Lipinski definition) is 1. The van der Waals surface area contributed by atoms with E-state index in [1.54, 1.807) is 0 Å². The van der Waals surface area contributed by atoms with E-state index in [-0.39, 0.29) is 0 Å². The van der Waals surface area contributed by atoms with Gasteiger partial charge in [-0.2, -0.15) is 15.8 Å². The van der Waals surface area contributed by atoms with E-state index < -0.39 is 17.1 Å². The molecule has 0 unspecified atom stereocenters. The second kappa shape index (κ2) is 3.66. The molecule has 0 saturated carbocycles. The van der Waals surface area contributed by atoms with E-state index in [0.29, 0.717) is 0 Å². The molecule has 0 aliphatic rings. The number of nitrogens with two attached hydrogens (primary N) is 1. The third-order valence-electron chi connectivity index (χ3n) is 0.839. The van der Waals surface area contributed by atoms with E-state index in [1.807, 2.05) is 0 Å². The molecule has 0 aromatic heterocycles. The summed E-state index contributed by atoms with van der Waals surface area (Å²) < 4.78 is 0. The van der Waals surface area contributed by atoms with Crippen molar-refractivity contribution in [3.8, 4) is 18.2 Å². The quantitative estimate of drug-likeness (QED) is 0.299. The Morgan fingerprint density at radius 3 is 1.82 bits per heavy atom. The van der Waals surface area contributed by atoms with Crippen molar-refractivity contribution in [2.45, 2.75) is 0 Å². The highest BCUT2D eigenvalue weighted by atomic mass is 16.1. The summed E-state index contributed by atoms with van der Waals surface area (Å²) >= 11 is 0. The van der Waals surface area contributed by atoms with Crippen molar-refractivity contribution in [3.63, 3.8) is 0 Å². The lowest BCUT2D eigenvalue weighted by molar-refractivity contribution is -0.110. The molecular formula is C6H2N4O. The highest BCUT2D eigenvalue weighted by molar-refractivity contribution is 6.07. The average Bonchev–Trinajstić information content (AvgIpc) is 2.05. The maximum atomic E-state index is 10.4. The van der Waals surface area contributed by atoms with E-state index in [0.717, 1.165) is 0 Å². The van der Waals surface area contributed by atoms with Gasteiger partial charge in [-0.3, -0.25) is 4.79 Å². The predicted molar refractivity (Wildman–Crippen MR) is 33.1 cm³/mol. The summed E-state index contributed by atoms with van der Waals surface area (Å²) in [6, 6.07) is 3.97. The van der Waals surface area contributed by atoms with Crippen LogP contribution in [0, 0.1) is 34.0 Å². The number of carbonyl (C=O) groups excluding carboxylic acids is 1. The minimum absolute atomic E-state index is 0.531. The predicted octanol–water partition coefficient (Wildman–Crippen LogP) is -0.661. The first-order valence-electron chi connectivity index (χ1n) is 2.41. The summed E-state index contributed by atoms with van der Waals surface area (Å²) in [6.07, 6.45) is 0. The number of rotatable bonds is 1. The molecule has 0 spiro atoms. The third-order valence-corrected chi connectivity index (χ3v) is 0.839. The van der Waals surface area contributed by atoms with Gasteiger partial charge in [-0.15, -0.1) is 0 Å². The Morgan fingerprint density at radius 2 is 1.55 bits per heavy atom. The smallest absolute Gasteiger partial charge is 0.279 e. The van der Waals surface area contributed by atoms with Crippen LogP contribution in [-0.2, 0) is 4.79 Å². The van der Waals surface area contributed by atoms with Gasteiger partial charge in [-0.05, 0) is 0 Å². The SMILES string of the molecule is N#CC(=O)C(N)=C(C#N)C#N. The van der Waals surface area contributed by atoms with Gasteiger partial charge >= 0.3 is 0 Å². The lowest BCUT2D eigenvalue weighted by Gasteiger charge is -1.87. The lowest BCUT2D eigenvalue weighted by atomic mass is 10.2. The Kier molecular flexibility index (Phi) is 2.89. The second-order valence-corrected chi connectivity index (χ2v) is 1.45. The molecule has 0 radical (unpaired) electrons. The van der Waals surface area contributed by atoms with Crippen LogP contribution in [0.25, 0.3) is 0 Å². The van der Waals surface area contributed by atoms with E-state index >= 15 is 0 Å². The van der Waals surface area contributed by atoms with Crippen LogP contribution >= 0.6 is 0 Å². The van der Waals surface area contributed by atoms with Crippen LogP contribution in [0.5, 0.6) is 0 Å². The van der Waals surface area contributed by atoms with Gasteiger partial charge < -0.3 is 5.73 Å². The molecule has 0 heterocycles. The fourth-order valence-electron chi connectivity index (χ4n) is 0.319. The van der Waals surface area contributed by atoms with Gasteiger partial charge in [0.1, 0.15) is 23.9 Å². The van der Waals surface area contributed by atoms with Crippen molar-refractivity contribution in [2.24, 2.45) is 5.73 Å². The van der Waals surface area contributed by atoms with Crippen LogP contribution in [0.4, 0.5) is 0 Å². The summed E-state index contributed by atoms with van der Waals surface area (Å²) in [5.74, 6) is -1.07. The molecule has 0 aromatic rings. The third kappa shape index (κ3) is 1.82. The minimum Gasteiger partial charge on any atom is -0.393 e. The van der Waals surface area contributed by atoms with Crippen LogP contribution in [0.3, 0.4) is 0 Å². The molecule has 0 fully saturated rings. The Labute approximate surface area is 62.6 Å². The zero-order valence-corrected chi connectivity index (χ0v) is 5.33. The Bertz CT molecular complexity index is 317. The van der Waals surface area contributed by atoms with Gasteiger partial charge in [-0.1, -0.05) is 0 Å². The Hall–Kier alpha value is -2.32. The highest BCUT2D eigenvalue weighted by Crippen LogP contribution is 1.95. The van der Waals surface area contributed by atoms with Gasteiger partial charge in [0.2, 0.25) is 0 Å². The fourth-order valence-corrected chi connectivity index (χ4v) is 0.319. The van der Waals surface area contributed by atoms with Crippen molar-refractivity contribution in [1.29, 1.82) is 15.8 Å². The van der Waals surface area contributed by atoms with E-state index in [9.17, 15) is 4.79 Å². The maximum Gasteiger partial charge on any atom is 0.279 e. The van der Waals surface area contributed by atoms with Crippen molar-refractivity contribution >= 4 is 5.78 Å². The van der Waals surface area contributed by atoms with Gasteiger partial charge in [0, 0.05) is 0 Å². The van der Waals surface area contributed by atoms with Crippen LogP contribution in [0.1, 0.15) is 0 Å². The van der Waals surface area contributed by atoms with Crippen molar-refractivity contribution in [2.75, 3.05) is 0 Å². The monoisotopic (exact) mass is 146 g/mol. The van der Waals surface area contributed by atoms with Crippen LogP contribution < -0.4 is 5.73 Å². The summed E-state index contributed by atoms with van der Waals surface area (Å²) in [5.41, 5.74) is 3.83. The first-order chi connectivity index (χ1) is 5.17. The number of allylic oxidation sites excluding steroid dienone is 2. The first-order valence-corrected chi connectivity index (χ1v) is 2.41. The number of ketones is 1. The van der Waals surface area contributed by atoms with E-state index in [4.69, 9.17) is 21.5 Å². The van der Waals surface area contributed by atoms with Crippen molar-refractivity contribution in [1.82, 2.24) is 0 Å². The first kappa shape index (κ1) is 8.68. The molecule has 2 N–H and O–H groups in total. The molecule has 52 valence electrons. The lowest BCUT2D eigenvalue weighted by Crippen LogP contribution is -2.11. The van der Waals surface area contributed by atoms with Crippen LogP contribution in [0.15, 0.2) is 11.3 Å². The molecule has 0 aliphatic heterocycles. The van der Waals surface area contributed by atoms with Crippen molar-refractivity contribution in [3.05, 3.63) is 11.3 Å². The van der Waals surface area contributed by atoms with E-state index in [1.165, 1.54) is 18.2 Å². The molecular weight excluding hydrogens is 144 g/mol. The molecule has 0 rings (SSSR count). The number of carbonyl (C=O) groups is 1. The van der Waals surface area contributed by atoms with Gasteiger partial charge in [0.05, 0.1) is 0 Å². The minimum atomic E-state index is -1.07. The van der Waals surface area contributed by atoms with Crippen LogP contribution in [-0.4, -0.2) is 5.78 Å².